The minimum absolute atomic E-state index is 0.473. The van der Waals surface area contributed by atoms with Crippen LogP contribution >= 0.6 is 11.6 Å². The minimum Gasteiger partial charge on any atom is -0.492 e. The molecule has 2 aromatic carbocycles. The van der Waals surface area contributed by atoms with Gasteiger partial charge < -0.3 is 14.4 Å². The van der Waals surface area contributed by atoms with Gasteiger partial charge in [0.1, 0.15) is 24.3 Å². The summed E-state index contributed by atoms with van der Waals surface area (Å²) < 4.78 is 7.72. The number of imidazole rings is 1. The molecule has 3 aromatic rings. The Morgan fingerprint density at radius 2 is 2.05 bits per heavy atom. The van der Waals surface area contributed by atoms with Gasteiger partial charge in [0.2, 0.25) is 0 Å². The molecule has 1 unspecified atom stereocenters. The summed E-state index contributed by atoms with van der Waals surface area (Å²) in [5.41, 5.74) is 1.87. The van der Waals surface area contributed by atoms with Crippen LogP contribution in [-0.2, 0) is 6.54 Å². The van der Waals surface area contributed by atoms with E-state index in [1.54, 1.807) is 13.0 Å². The van der Waals surface area contributed by atoms with Gasteiger partial charge in [-0.15, -0.1) is 0 Å². The van der Waals surface area contributed by atoms with E-state index < -0.39 is 6.10 Å². The van der Waals surface area contributed by atoms with E-state index in [2.05, 4.69) is 4.98 Å². The lowest BCUT2D eigenvalue weighted by molar-refractivity contribution is 0.181. The van der Waals surface area contributed by atoms with Gasteiger partial charge in [-0.3, -0.25) is 0 Å². The van der Waals surface area contributed by atoms with Crippen LogP contribution in [0, 0.1) is 0 Å². The number of para-hydroxylation sites is 2. The Balaban J connectivity index is 1.79. The molecule has 0 aliphatic carbocycles. The average molecular weight is 317 g/mol. The second-order valence-electron chi connectivity index (χ2n) is 5.09. The predicted octanol–water partition coefficient (Wildman–Crippen LogP) is 3.82. The standard InChI is InChI=1S/C17H17ClN2O2/c1-12(21)17-19-15-7-2-3-8-16(15)20(17)9-10-22-14-6-4-5-13(18)11-14/h2-8,11-12,21H,9-10H2,1H3. The van der Waals surface area contributed by atoms with E-state index in [0.29, 0.717) is 24.0 Å². The molecule has 0 saturated carbocycles. The lowest BCUT2D eigenvalue weighted by atomic mass is 10.3. The van der Waals surface area contributed by atoms with E-state index in [0.717, 1.165) is 16.8 Å². The first-order valence-corrected chi connectivity index (χ1v) is 7.54. The molecule has 1 N–H and O–H groups in total. The topological polar surface area (TPSA) is 47.3 Å². The monoisotopic (exact) mass is 316 g/mol. The van der Waals surface area contributed by atoms with Crippen molar-refractivity contribution in [1.82, 2.24) is 9.55 Å². The van der Waals surface area contributed by atoms with Crippen LogP contribution in [0.15, 0.2) is 48.5 Å². The van der Waals surface area contributed by atoms with Crippen molar-refractivity contribution in [3.8, 4) is 5.75 Å². The molecule has 0 amide bonds. The van der Waals surface area contributed by atoms with E-state index in [1.165, 1.54) is 0 Å². The number of aliphatic hydroxyl groups is 1. The van der Waals surface area contributed by atoms with Gasteiger partial charge in [-0.2, -0.15) is 0 Å². The van der Waals surface area contributed by atoms with Crippen molar-refractivity contribution in [3.63, 3.8) is 0 Å². The molecule has 1 aromatic heterocycles. The zero-order chi connectivity index (χ0) is 15.5. The number of hydrogen-bond donors (Lipinski definition) is 1. The Kier molecular flexibility index (Phi) is 4.32. The molecule has 0 radical (unpaired) electrons. The van der Waals surface area contributed by atoms with Crippen LogP contribution in [0.4, 0.5) is 0 Å². The van der Waals surface area contributed by atoms with Gasteiger partial charge in [-0.1, -0.05) is 29.8 Å². The van der Waals surface area contributed by atoms with Crippen LogP contribution in [-0.4, -0.2) is 21.3 Å². The third-order valence-electron chi connectivity index (χ3n) is 3.44. The first kappa shape index (κ1) is 14.9. The van der Waals surface area contributed by atoms with Crippen molar-refractivity contribution in [1.29, 1.82) is 0 Å². The summed E-state index contributed by atoms with van der Waals surface area (Å²) in [7, 11) is 0. The maximum Gasteiger partial charge on any atom is 0.138 e. The Labute approximate surface area is 133 Å². The fraction of sp³-hybridized carbons (Fsp3) is 0.235. The number of halogens is 1. The second kappa shape index (κ2) is 6.38. The first-order valence-electron chi connectivity index (χ1n) is 7.17. The maximum absolute atomic E-state index is 9.92. The third-order valence-corrected chi connectivity index (χ3v) is 3.67. The van der Waals surface area contributed by atoms with Crippen molar-refractivity contribution in [2.24, 2.45) is 0 Å². The summed E-state index contributed by atoms with van der Waals surface area (Å²) in [4.78, 5) is 4.49. The number of ether oxygens (including phenoxy) is 1. The summed E-state index contributed by atoms with van der Waals surface area (Å²) in [6.45, 7) is 2.79. The van der Waals surface area contributed by atoms with Gasteiger partial charge in [0, 0.05) is 5.02 Å². The van der Waals surface area contributed by atoms with Crippen LogP contribution in [0.2, 0.25) is 5.02 Å². The minimum atomic E-state index is -0.626. The van der Waals surface area contributed by atoms with Gasteiger partial charge >= 0.3 is 0 Å². The molecule has 4 nitrogen and oxygen atoms in total. The Hall–Kier alpha value is -2.04. The van der Waals surface area contributed by atoms with Crippen LogP contribution < -0.4 is 4.74 Å². The number of rotatable bonds is 5. The molecule has 1 atom stereocenters. The number of aromatic nitrogens is 2. The highest BCUT2D eigenvalue weighted by Crippen LogP contribution is 2.21. The molecule has 0 fully saturated rings. The molecule has 0 aliphatic heterocycles. The average Bonchev–Trinajstić information content (AvgIpc) is 2.87. The molecule has 22 heavy (non-hydrogen) atoms. The van der Waals surface area contributed by atoms with Crippen molar-refractivity contribution in [2.75, 3.05) is 6.61 Å². The number of benzene rings is 2. The Bertz CT molecular complexity index is 783. The number of fused-ring (bicyclic) bond motifs is 1. The summed E-state index contributed by atoms with van der Waals surface area (Å²) in [5, 5.41) is 10.6. The largest absolute Gasteiger partial charge is 0.492 e. The first-order chi connectivity index (χ1) is 10.6. The van der Waals surface area contributed by atoms with Gasteiger partial charge in [0.05, 0.1) is 17.6 Å². The van der Waals surface area contributed by atoms with Crippen LogP contribution in [0.3, 0.4) is 0 Å². The fourth-order valence-corrected chi connectivity index (χ4v) is 2.64. The second-order valence-corrected chi connectivity index (χ2v) is 5.53. The van der Waals surface area contributed by atoms with Gasteiger partial charge in [0.25, 0.3) is 0 Å². The fourth-order valence-electron chi connectivity index (χ4n) is 2.46. The van der Waals surface area contributed by atoms with Crippen LogP contribution in [0.1, 0.15) is 18.9 Å². The normalized spacial score (nSPS) is 12.5. The van der Waals surface area contributed by atoms with Crippen LogP contribution in [0.25, 0.3) is 11.0 Å². The highest BCUT2D eigenvalue weighted by Gasteiger charge is 2.14. The van der Waals surface area contributed by atoms with Crippen molar-refractivity contribution >= 4 is 22.6 Å². The lowest BCUT2D eigenvalue weighted by Gasteiger charge is -2.12. The van der Waals surface area contributed by atoms with E-state index >= 15 is 0 Å². The van der Waals surface area contributed by atoms with Crippen molar-refractivity contribution in [3.05, 3.63) is 59.4 Å². The molecule has 5 heteroatoms. The summed E-state index contributed by atoms with van der Waals surface area (Å²) in [5.74, 6) is 1.38. The Morgan fingerprint density at radius 1 is 1.23 bits per heavy atom. The summed E-state index contributed by atoms with van der Waals surface area (Å²) in [6, 6.07) is 15.1. The Morgan fingerprint density at radius 3 is 2.82 bits per heavy atom. The van der Waals surface area contributed by atoms with Crippen LogP contribution in [0.5, 0.6) is 5.75 Å². The zero-order valence-corrected chi connectivity index (χ0v) is 13.0. The van der Waals surface area contributed by atoms with E-state index in [9.17, 15) is 5.11 Å². The van der Waals surface area contributed by atoms with Gasteiger partial charge in [-0.05, 0) is 37.3 Å². The SMILES string of the molecule is CC(O)c1nc2ccccc2n1CCOc1cccc(Cl)c1. The van der Waals surface area contributed by atoms with Gasteiger partial charge in [0.15, 0.2) is 0 Å². The lowest BCUT2D eigenvalue weighted by Crippen LogP contribution is -2.12. The quantitative estimate of drug-likeness (QED) is 0.778. The maximum atomic E-state index is 9.92. The van der Waals surface area contributed by atoms with E-state index in [-0.39, 0.29) is 0 Å². The molecular formula is C17H17ClN2O2. The molecule has 0 aliphatic rings. The molecular weight excluding hydrogens is 300 g/mol. The highest BCUT2D eigenvalue weighted by atomic mass is 35.5. The molecule has 3 rings (SSSR count). The summed E-state index contributed by atoms with van der Waals surface area (Å²) >= 11 is 5.94. The van der Waals surface area contributed by atoms with E-state index in [4.69, 9.17) is 16.3 Å². The highest BCUT2D eigenvalue weighted by molar-refractivity contribution is 6.30. The zero-order valence-electron chi connectivity index (χ0n) is 12.2. The molecule has 0 spiro atoms. The molecule has 0 saturated heterocycles. The molecule has 114 valence electrons. The molecule has 0 bridgehead atoms. The number of nitrogens with zero attached hydrogens (tertiary/aromatic N) is 2. The van der Waals surface area contributed by atoms with Crippen molar-refractivity contribution in [2.45, 2.75) is 19.6 Å². The third kappa shape index (κ3) is 3.08. The van der Waals surface area contributed by atoms with Crippen molar-refractivity contribution < 1.29 is 9.84 Å². The smallest absolute Gasteiger partial charge is 0.138 e. The molecule has 1 heterocycles. The number of hydrogen-bond acceptors (Lipinski definition) is 3. The predicted molar refractivity (Wildman–Crippen MR) is 87.3 cm³/mol. The van der Waals surface area contributed by atoms with E-state index in [1.807, 2.05) is 47.0 Å². The van der Waals surface area contributed by atoms with Gasteiger partial charge in [-0.25, -0.2) is 4.98 Å². The summed E-state index contributed by atoms with van der Waals surface area (Å²) in [6.07, 6.45) is -0.626. The number of aliphatic hydroxyl groups excluding tert-OH is 1.